The van der Waals surface area contributed by atoms with Gasteiger partial charge in [0.2, 0.25) is 0 Å². The van der Waals surface area contributed by atoms with Gasteiger partial charge in [-0.05, 0) is 12.1 Å². The van der Waals surface area contributed by atoms with E-state index in [0.29, 0.717) is 12.1 Å². The minimum Gasteiger partial charge on any atom is -0.268 e. The van der Waals surface area contributed by atoms with E-state index >= 15 is 0 Å². The van der Waals surface area contributed by atoms with E-state index in [0.717, 1.165) is 6.07 Å². The van der Waals surface area contributed by atoms with Crippen LogP contribution in [0.5, 0.6) is 0 Å². The number of H-pyrrole nitrogens is 1. The molecule has 0 aliphatic carbocycles. The monoisotopic (exact) mass is 226 g/mol. The first-order valence-corrected chi connectivity index (χ1v) is 4.28. The number of aromatic amines is 1. The van der Waals surface area contributed by atoms with Crippen molar-refractivity contribution in [2.45, 2.75) is 0 Å². The molecule has 1 aromatic heterocycles. The number of hydrogen-bond donors (Lipinski definition) is 1. The molecule has 3 nitrogen and oxygen atoms in total. The summed E-state index contributed by atoms with van der Waals surface area (Å²) in [6, 6.07) is 3.44. The van der Waals surface area contributed by atoms with Crippen molar-refractivity contribution < 1.29 is 13.2 Å². The highest BCUT2D eigenvalue weighted by Crippen LogP contribution is 2.22. The van der Waals surface area contributed by atoms with Crippen LogP contribution in [-0.4, -0.2) is 10.2 Å². The van der Waals surface area contributed by atoms with Crippen LogP contribution < -0.4 is 5.56 Å². The zero-order chi connectivity index (χ0) is 11.7. The molecule has 1 N–H and O–H groups in total. The summed E-state index contributed by atoms with van der Waals surface area (Å²) in [6.07, 6.45) is 0. The summed E-state index contributed by atoms with van der Waals surface area (Å²) in [7, 11) is 0. The summed E-state index contributed by atoms with van der Waals surface area (Å²) in [5.41, 5.74) is -0.655. The zero-order valence-electron chi connectivity index (χ0n) is 7.80. The average Bonchev–Trinajstić information content (AvgIpc) is 2.25. The van der Waals surface area contributed by atoms with Crippen LogP contribution in [0.4, 0.5) is 13.2 Å². The standard InChI is InChI=1S/C10H5F3N2O/c11-6-4-8(13)7(12)3-5(6)9-1-2-10(16)15-14-9/h1-4H,(H,15,16). The van der Waals surface area contributed by atoms with Gasteiger partial charge in [0.1, 0.15) is 5.82 Å². The molecule has 1 heterocycles. The minimum atomic E-state index is -1.27. The van der Waals surface area contributed by atoms with Gasteiger partial charge < -0.3 is 0 Å². The van der Waals surface area contributed by atoms with Gasteiger partial charge in [-0.15, -0.1) is 0 Å². The number of nitrogens with one attached hydrogen (secondary N) is 1. The summed E-state index contributed by atoms with van der Waals surface area (Å²) in [6.45, 7) is 0. The van der Waals surface area contributed by atoms with E-state index in [2.05, 4.69) is 10.2 Å². The maximum atomic E-state index is 13.3. The third-order valence-electron chi connectivity index (χ3n) is 1.97. The molecule has 2 rings (SSSR count). The molecule has 0 aliphatic heterocycles. The lowest BCUT2D eigenvalue weighted by Gasteiger charge is -2.02. The van der Waals surface area contributed by atoms with E-state index in [9.17, 15) is 18.0 Å². The van der Waals surface area contributed by atoms with Crippen molar-refractivity contribution >= 4 is 0 Å². The molecule has 0 bridgehead atoms. The summed E-state index contributed by atoms with van der Waals surface area (Å²) < 4.78 is 38.8. The highest BCUT2D eigenvalue weighted by atomic mass is 19.2. The predicted molar refractivity (Wildman–Crippen MR) is 50.2 cm³/mol. The number of hydrogen-bond acceptors (Lipinski definition) is 2. The summed E-state index contributed by atoms with van der Waals surface area (Å²) in [5.74, 6) is -3.39. The van der Waals surface area contributed by atoms with Crippen LogP contribution in [0.15, 0.2) is 29.1 Å². The van der Waals surface area contributed by atoms with Crippen molar-refractivity contribution in [1.82, 2.24) is 10.2 Å². The first kappa shape index (κ1) is 10.4. The second-order valence-corrected chi connectivity index (χ2v) is 3.05. The Kier molecular flexibility index (Phi) is 2.47. The van der Waals surface area contributed by atoms with Crippen LogP contribution in [0.3, 0.4) is 0 Å². The molecule has 16 heavy (non-hydrogen) atoms. The van der Waals surface area contributed by atoms with Crippen LogP contribution in [0.2, 0.25) is 0 Å². The van der Waals surface area contributed by atoms with Gasteiger partial charge in [0.15, 0.2) is 11.6 Å². The highest BCUT2D eigenvalue weighted by molar-refractivity contribution is 5.59. The molecule has 2 aromatic rings. The number of halogens is 3. The number of benzene rings is 1. The van der Waals surface area contributed by atoms with Gasteiger partial charge in [-0.3, -0.25) is 4.79 Å². The quantitative estimate of drug-likeness (QED) is 0.754. The lowest BCUT2D eigenvalue weighted by molar-refractivity contribution is 0.496. The van der Waals surface area contributed by atoms with Gasteiger partial charge in [0.05, 0.1) is 5.69 Å². The van der Waals surface area contributed by atoms with E-state index in [4.69, 9.17) is 0 Å². The molecule has 0 radical (unpaired) electrons. The normalized spacial score (nSPS) is 10.4. The highest BCUT2D eigenvalue weighted by Gasteiger charge is 2.12. The van der Waals surface area contributed by atoms with E-state index in [1.165, 1.54) is 6.07 Å². The zero-order valence-corrected chi connectivity index (χ0v) is 7.80. The minimum absolute atomic E-state index is 0.0241. The van der Waals surface area contributed by atoms with Crippen molar-refractivity contribution in [3.63, 3.8) is 0 Å². The van der Waals surface area contributed by atoms with E-state index < -0.39 is 23.0 Å². The van der Waals surface area contributed by atoms with Gasteiger partial charge in [0.25, 0.3) is 5.56 Å². The van der Waals surface area contributed by atoms with E-state index in [1.54, 1.807) is 0 Å². The lowest BCUT2D eigenvalue weighted by Crippen LogP contribution is -2.06. The Bertz CT molecular complexity index is 575. The molecule has 0 fully saturated rings. The van der Waals surface area contributed by atoms with Crippen LogP contribution in [-0.2, 0) is 0 Å². The molecule has 0 aliphatic rings. The average molecular weight is 226 g/mol. The number of rotatable bonds is 1. The largest absolute Gasteiger partial charge is 0.268 e. The smallest absolute Gasteiger partial charge is 0.264 e. The molecule has 0 saturated carbocycles. The van der Waals surface area contributed by atoms with Gasteiger partial charge in [0, 0.05) is 17.7 Å². The molecule has 1 aromatic carbocycles. The maximum absolute atomic E-state index is 13.3. The molecule has 0 saturated heterocycles. The number of nitrogens with zero attached hydrogens (tertiary/aromatic N) is 1. The molecule has 0 unspecified atom stereocenters. The van der Waals surface area contributed by atoms with Gasteiger partial charge in [-0.25, -0.2) is 18.3 Å². The Morgan fingerprint density at radius 2 is 1.69 bits per heavy atom. The summed E-state index contributed by atoms with van der Waals surface area (Å²) >= 11 is 0. The van der Waals surface area contributed by atoms with Crippen molar-refractivity contribution in [2.24, 2.45) is 0 Å². The lowest BCUT2D eigenvalue weighted by atomic mass is 10.1. The maximum Gasteiger partial charge on any atom is 0.264 e. The SMILES string of the molecule is O=c1ccc(-c2cc(F)c(F)cc2F)n[nH]1. The van der Waals surface area contributed by atoms with Gasteiger partial charge >= 0.3 is 0 Å². The third kappa shape index (κ3) is 1.81. The first-order chi connectivity index (χ1) is 7.58. The Morgan fingerprint density at radius 3 is 2.31 bits per heavy atom. The van der Waals surface area contributed by atoms with Gasteiger partial charge in [-0.2, -0.15) is 5.10 Å². The fourth-order valence-corrected chi connectivity index (χ4v) is 1.21. The van der Waals surface area contributed by atoms with Gasteiger partial charge in [-0.1, -0.05) is 0 Å². The van der Waals surface area contributed by atoms with Crippen molar-refractivity contribution in [1.29, 1.82) is 0 Å². The summed E-state index contributed by atoms with van der Waals surface area (Å²) in [4.78, 5) is 10.7. The first-order valence-electron chi connectivity index (χ1n) is 4.28. The molecule has 0 atom stereocenters. The van der Waals surface area contributed by atoms with Crippen molar-refractivity contribution in [3.8, 4) is 11.3 Å². The fraction of sp³-hybridized carbons (Fsp3) is 0. The van der Waals surface area contributed by atoms with E-state index in [1.807, 2.05) is 0 Å². The van der Waals surface area contributed by atoms with Crippen molar-refractivity contribution in [3.05, 3.63) is 52.1 Å². The van der Waals surface area contributed by atoms with E-state index in [-0.39, 0.29) is 11.3 Å². The topological polar surface area (TPSA) is 45.8 Å². The second-order valence-electron chi connectivity index (χ2n) is 3.05. The van der Waals surface area contributed by atoms with Crippen molar-refractivity contribution in [2.75, 3.05) is 0 Å². The molecular weight excluding hydrogens is 221 g/mol. The van der Waals surface area contributed by atoms with Crippen LogP contribution in [0, 0.1) is 17.5 Å². The molecule has 0 spiro atoms. The molecule has 0 amide bonds. The van der Waals surface area contributed by atoms with Crippen LogP contribution in [0.25, 0.3) is 11.3 Å². The second kappa shape index (κ2) is 3.80. The Morgan fingerprint density at radius 1 is 1.00 bits per heavy atom. The molecule has 6 heteroatoms. The Hall–Kier alpha value is -2.11. The van der Waals surface area contributed by atoms with Crippen LogP contribution in [0.1, 0.15) is 0 Å². The molecular formula is C10H5F3N2O. The Labute approximate surface area is 87.6 Å². The Balaban J connectivity index is 2.60. The summed E-state index contributed by atoms with van der Waals surface area (Å²) in [5, 5.41) is 5.58. The van der Waals surface area contributed by atoms with Crippen LogP contribution >= 0.6 is 0 Å². The number of aromatic nitrogens is 2. The fourth-order valence-electron chi connectivity index (χ4n) is 1.21. The predicted octanol–water partition coefficient (Wildman–Crippen LogP) is 1.85. The third-order valence-corrected chi connectivity index (χ3v) is 1.97. The molecule has 82 valence electrons.